The molecule has 0 saturated carbocycles. The van der Waals surface area contributed by atoms with Gasteiger partial charge in [0.2, 0.25) is 0 Å². The average molecular weight is 309 g/mol. The van der Waals surface area contributed by atoms with Gasteiger partial charge in [-0.25, -0.2) is 4.98 Å². The molecule has 0 spiro atoms. The molecule has 0 aliphatic heterocycles. The molecule has 4 aromatic rings. The number of nitrogens with zero attached hydrogens (tertiary/aromatic N) is 1. The second-order valence-electron chi connectivity index (χ2n) is 5.11. The fourth-order valence-electron chi connectivity index (χ4n) is 2.55. The standard InChI is InChI=1S/C18H13ClN2O/c19-13-6-8-14(9-7-13)22-11-17-20-16-10-5-12-3-1-2-4-15(12)18(16)21-17/h1-10H,11H2,(H,20,21). The van der Waals surface area contributed by atoms with E-state index in [9.17, 15) is 0 Å². The molecule has 0 bridgehead atoms. The highest BCUT2D eigenvalue weighted by molar-refractivity contribution is 6.30. The van der Waals surface area contributed by atoms with E-state index >= 15 is 0 Å². The van der Waals surface area contributed by atoms with E-state index in [1.54, 1.807) is 0 Å². The molecule has 0 aliphatic carbocycles. The number of hydrogen-bond acceptors (Lipinski definition) is 2. The molecule has 0 radical (unpaired) electrons. The molecule has 0 amide bonds. The van der Waals surface area contributed by atoms with Crippen molar-refractivity contribution in [1.29, 1.82) is 0 Å². The zero-order valence-corrected chi connectivity index (χ0v) is 12.5. The fourth-order valence-corrected chi connectivity index (χ4v) is 2.67. The lowest BCUT2D eigenvalue weighted by atomic mass is 10.1. The summed E-state index contributed by atoms with van der Waals surface area (Å²) in [6.45, 7) is 0.393. The number of nitrogens with one attached hydrogen (secondary N) is 1. The summed E-state index contributed by atoms with van der Waals surface area (Å²) < 4.78 is 5.74. The molecule has 0 saturated heterocycles. The molecule has 4 rings (SSSR count). The maximum atomic E-state index is 5.86. The van der Waals surface area contributed by atoms with Crippen molar-refractivity contribution in [2.45, 2.75) is 6.61 Å². The van der Waals surface area contributed by atoms with E-state index in [0.717, 1.165) is 28.0 Å². The van der Waals surface area contributed by atoms with E-state index in [0.29, 0.717) is 11.6 Å². The Kier molecular flexibility index (Phi) is 3.20. The average Bonchev–Trinajstić information content (AvgIpc) is 2.98. The zero-order valence-electron chi connectivity index (χ0n) is 11.7. The van der Waals surface area contributed by atoms with Gasteiger partial charge in [0, 0.05) is 10.4 Å². The number of aromatic amines is 1. The molecule has 22 heavy (non-hydrogen) atoms. The number of hydrogen-bond donors (Lipinski definition) is 1. The van der Waals surface area contributed by atoms with Crippen LogP contribution in [-0.4, -0.2) is 9.97 Å². The first-order chi connectivity index (χ1) is 10.8. The predicted molar refractivity (Wildman–Crippen MR) is 89.4 cm³/mol. The lowest BCUT2D eigenvalue weighted by molar-refractivity contribution is 0.297. The minimum absolute atomic E-state index is 0.393. The van der Waals surface area contributed by atoms with E-state index < -0.39 is 0 Å². The van der Waals surface area contributed by atoms with E-state index in [4.69, 9.17) is 16.3 Å². The van der Waals surface area contributed by atoms with Crippen LogP contribution in [0.4, 0.5) is 0 Å². The van der Waals surface area contributed by atoms with Crippen LogP contribution in [0, 0.1) is 0 Å². The first-order valence-corrected chi connectivity index (χ1v) is 7.42. The smallest absolute Gasteiger partial charge is 0.146 e. The van der Waals surface area contributed by atoms with Crippen molar-refractivity contribution in [2.75, 3.05) is 0 Å². The Balaban J connectivity index is 1.65. The van der Waals surface area contributed by atoms with Crippen LogP contribution in [0.2, 0.25) is 5.02 Å². The lowest BCUT2D eigenvalue weighted by Crippen LogP contribution is -1.97. The number of rotatable bonds is 3. The summed E-state index contributed by atoms with van der Waals surface area (Å²) in [5, 5.41) is 3.03. The van der Waals surface area contributed by atoms with E-state index in [-0.39, 0.29) is 0 Å². The summed E-state index contributed by atoms with van der Waals surface area (Å²) in [6.07, 6.45) is 0. The molecule has 1 aromatic heterocycles. The van der Waals surface area contributed by atoms with Crippen LogP contribution in [0.1, 0.15) is 5.82 Å². The molecule has 0 fully saturated rings. The third-order valence-corrected chi connectivity index (χ3v) is 3.87. The van der Waals surface area contributed by atoms with Gasteiger partial charge >= 0.3 is 0 Å². The highest BCUT2D eigenvalue weighted by Crippen LogP contribution is 2.24. The quantitative estimate of drug-likeness (QED) is 0.581. The maximum Gasteiger partial charge on any atom is 0.146 e. The second-order valence-corrected chi connectivity index (χ2v) is 5.55. The van der Waals surface area contributed by atoms with Gasteiger partial charge in [-0.1, -0.05) is 41.9 Å². The minimum atomic E-state index is 0.393. The molecule has 108 valence electrons. The van der Waals surface area contributed by atoms with Crippen LogP contribution in [0.15, 0.2) is 60.7 Å². The summed E-state index contributed by atoms with van der Waals surface area (Å²) in [7, 11) is 0. The van der Waals surface area contributed by atoms with Crippen molar-refractivity contribution in [1.82, 2.24) is 9.97 Å². The molecule has 1 heterocycles. The Bertz CT molecular complexity index is 944. The largest absolute Gasteiger partial charge is 0.486 e. The molecule has 0 atom stereocenters. The number of ether oxygens (including phenoxy) is 1. The predicted octanol–water partition coefficient (Wildman–Crippen LogP) is 4.95. The van der Waals surface area contributed by atoms with Crippen LogP contribution >= 0.6 is 11.6 Å². The summed E-state index contributed by atoms with van der Waals surface area (Å²) in [5.74, 6) is 1.58. The van der Waals surface area contributed by atoms with Gasteiger partial charge in [-0.15, -0.1) is 0 Å². The number of fused-ring (bicyclic) bond motifs is 3. The van der Waals surface area contributed by atoms with Crippen molar-refractivity contribution in [2.24, 2.45) is 0 Å². The van der Waals surface area contributed by atoms with Gasteiger partial charge in [0.25, 0.3) is 0 Å². The molecule has 1 N–H and O–H groups in total. The van der Waals surface area contributed by atoms with Crippen LogP contribution < -0.4 is 4.74 Å². The van der Waals surface area contributed by atoms with Crippen LogP contribution in [0.3, 0.4) is 0 Å². The molecule has 0 unspecified atom stereocenters. The van der Waals surface area contributed by atoms with E-state index in [1.165, 1.54) is 5.39 Å². The summed E-state index contributed by atoms with van der Waals surface area (Å²) in [5.41, 5.74) is 2.00. The normalized spacial score (nSPS) is 11.1. The number of H-pyrrole nitrogens is 1. The van der Waals surface area contributed by atoms with Gasteiger partial charge in [0.1, 0.15) is 18.2 Å². The summed E-state index contributed by atoms with van der Waals surface area (Å²) >= 11 is 5.86. The third-order valence-electron chi connectivity index (χ3n) is 3.62. The molecule has 4 heteroatoms. The van der Waals surface area contributed by atoms with Crippen LogP contribution in [0.5, 0.6) is 5.75 Å². The van der Waals surface area contributed by atoms with E-state index in [2.05, 4.69) is 34.2 Å². The van der Waals surface area contributed by atoms with Crippen LogP contribution in [0.25, 0.3) is 21.8 Å². The second kappa shape index (κ2) is 5.35. The number of imidazole rings is 1. The Morgan fingerprint density at radius 2 is 1.77 bits per heavy atom. The Hall–Kier alpha value is -2.52. The number of benzene rings is 3. The Labute approximate surface area is 132 Å². The molecule has 3 nitrogen and oxygen atoms in total. The Morgan fingerprint density at radius 1 is 0.955 bits per heavy atom. The number of halogens is 1. The van der Waals surface area contributed by atoms with Gasteiger partial charge in [-0.05, 0) is 35.7 Å². The number of aromatic nitrogens is 2. The van der Waals surface area contributed by atoms with Crippen molar-refractivity contribution in [3.8, 4) is 5.75 Å². The van der Waals surface area contributed by atoms with Gasteiger partial charge in [0.15, 0.2) is 0 Å². The first-order valence-electron chi connectivity index (χ1n) is 7.04. The van der Waals surface area contributed by atoms with Gasteiger partial charge < -0.3 is 9.72 Å². The van der Waals surface area contributed by atoms with Crippen LogP contribution in [-0.2, 0) is 6.61 Å². The SMILES string of the molecule is Clc1ccc(OCc2nc3c(ccc4ccccc43)[nH]2)cc1. The summed E-state index contributed by atoms with van der Waals surface area (Å²) in [6, 6.07) is 19.7. The minimum Gasteiger partial charge on any atom is -0.486 e. The van der Waals surface area contributed by atoms with Gasteiger partial charge in [-0.3, -0.25) is 0 Å². The van der Waals surface area contributed by atoms with Crippen molar-refractivity contribution in [3.05, 3.63) is 71.5 Å². The highest BCUT2D eigenvalue weighted by Gasteiger charge is 2.07. The van der Waals surface area contributed by atoms with Gasteiger partial charge in [-0.2, -0.15) is 0 Å². The van der Waals surface area contributed by atoms with Crippen molar-refractivity contribution in [3.63, 3.8) is 0 Å². The molecular formula is C18H13ClN2O. The van der Waals surface area contributed by atoms with Crippen molar-refractivity contribution >= 4 is 33.4 Å². The van der Waals surface area contributed by atoms with Gasteiger partial charge in [0.05, 0.1) is 11.0 Å². The zero-order chi connectivity index (χ0) is 14.9. The third kappa shape index (κ3) is 2.40. The van der Waals surface area contributed by atoms with Crippen molar-refractivity contribution < 1.29 is 4.74 Å². The molecule has 3 aromatic carbocycles. The van der Waals surface area contributed by atoms with E-state index in [1.807, 2.05) is 36.4 Å². The maximum absolute atomic E-state index is 5.86. The Morgan fingerprint density at radius 3 is 2.64 bits per heavy atom. The molecular weight excluding hydrogens is 296 g/mol. The monoisotopic (exact) mass is 308 g/mol. The first kappa shape index (κ1) is 13.2. The highest BCUT2D eigenvalue weighted by atomic mass is 35.5. The topological polar surface area (TPSA) is 37.9 Å². The lowest BCUT2D eigenvalue weighted by Gasteiger charge is -2.03. The fraction of sp³-hybridized carbons (Fsp3) is 0.0556. The molecule has 0 aliphatic rings. The summed E-state index contributed by atoms with van der Waals surface area (Å²) in [4.78, 5) is 7.97.